The van der Waals surface area contributed by atoms with Gasteiger partial charge in [0.1, 0.15) is 0 Å². The number of amides is 1. The van der Waals surface area contributed by atoms with Crippen molar-refractivity contribution in [2.45, 2.75) is 17.4 Å². The molecule has 0 atom stereocenters. The van der Waals surface area contributed by atoms with Crippen LogP contribution in [0.5, 0.6) is 0 Å². The first kappa shape index (κ1) is 15.9. The first-order valence-corrected chi connectivity index (χ1v) is 10.4. The first-order chi connectivity index (χ1) is 11.7. The Morgan fingerprint density at radius 1 is 1.08 bits per heavy atom. The third-order valence-electron chi connectivity index (χ3n) is 4.58. The van der Waals surface area contributed by atoms with Crippen LogP contribution in [0.15, 0.2) is 42.5 Å². The molecule has 0 unspecified atom stereocenters. The Hall–Kier alpha value is -1.59. The fourth-order valence-corrected chi connectivity index (χ4v) is 6.21. The summed E-state index contributed by atoms with van der Waals surface area (Å²) in [4.78, 5) is 14.9. The molecule has 2 aromatic rings. The second-order valence-corrected chi connectivity index (χ2v) is 8.83. The summed E-state index contributed by atoms with van der Waals surface area (Å²) in [6, 6.07) is 14.0. The number of nitrogens with zero attached hydrogens (tertiary/aromatic N) is 1. The van der Waals surface area contributed by atoms with Crippen LogP contribution in [-0.4, -0.2) is 24.0 Å². The summed E-state index contributed by atoms with van der Waals surface area (Å²) in [6.07, 6.45) is 1.90. The smallest absolute Gasteiger partial charge is 0.258 e. The summed E-state index contributed by atoms with van der Waals surface area (Å²) in [5, 5.41) is 0. The van der Waals surface area contributed by atoms with Gasteiger partial charge in [-0.25, -0.2) is 0 Å². The highest BCUT2D eigenvalue weighted by molar-refractivity contribution is 8.19. The van der Waals surface area contributed by atoms with E-state index in [-0.39, 0.29) is 5.91 Å². The van der Waals surface area contributed by atoms with Crippen LogP contribution >= 0.6 is 23.5 Å². The minimum absolute atomic E-state index is 0.0693. The molecule has 24 heavy (non-hydrogen) atoms. The lowest BCUT2D eigenvalue weighted by atomic mass is 9.99. The number of anilines is 2. The van der Waals surface area contributed by atoms with E-state index >= 15 is 0 Å². The summed E-state index contributed by atoms with van der Waals surface area (Å²) in [5.74, 6) is 2.49. The van der Waals surface area contributed by atoms with E-state index in [1.54, 1.807) is 0 Å². The van der Waals surface area contributed by atoms with Crippen molar-refractivity contribution in [3.63, 3.8) is 0 Å². The van der Waals surface area contributed by atoms with Crippen molar-refractivity contribution in [3.8, 4) is 0 Å². The molecule has 0 aromatic heterocycles. The van der Waals surface area contributed by atoms with Crippen LogP contribution in [0.25, 0.3) is 0 Å². The number of carbonyl (C=O) groups excluding carboxylic acids is 1. The highest BCUT2D eigenvalue weighted by atomic mass is 32.2. The van der Waals surface area contributed by atoms with Gasteiger partial charge in [-0.2, -0.15) is 0 Å². The Morgan fingerprint density at radius 3 is 2.58 bits per heavy atom. The van der Waals surface area contributed by atoms with E-state index in [0.29, 0.717) is 4.58 Å². The zero-order chi connectivity index (χ0) is 16.5. The van der Waals surface area contributed by atoms with Gasteiger partial charge in [-0.1, -0.05) is 18.2 Å². The fourth-order valence-electron chi connectivity index (χ4n) is 3.35. The largest absolute Gasteiger partial charge is 0.398 e. The summed E-state index contributed by atoms with van der Waals surface area (Å²) in [6.45, 7) is 0.755. The number of benzene rings is 2. The van der Waals surface area contributed by atoms with Crippen LogP contribution in [0.1, 0.15) is 32.5 Å². The van der Waals surface area contributed by atoms with E-state index in [1.807, 2.05) is 58.8 Å². The molecule has 0 bridgehead atoms. The van der Waals surface area contributed by atoms with Gasteiger partial charge in [0.25, 0.3) is 5.91 Å². The first-order valence-electron chi connectivity index (χ1n) is 8.26. The summed E-state index contributed by atoms with van der Waals surface area (Å²) < 4.78 is 0.518. The van der Waals surface area contributed by atoms with E-state index in [0.717, 1.165) is 41.9 Å². The van der Waals surface area contributed by atoms with Crippen molar-refractivity contribution < 1.29 is 4.79 Å². The van der Waals surface area contributed by atoms with E-state index in [1.165, 1.54) is 17.1 Å². The highest BCUT2D eigenvalue weighted by Gasteiger charge is 2.25. The normalized spacial score (nSPS) is 17.8. The number of thioether (sulfide) groups is 2. The van der Waals surface area contributed by atoms with Crippen molar-refractivity contribution in [2.24, 2.45) is 0 Å². The highest BCUT2D eigenvalue weighted by Crippen LogP contribution is 2.45. The Balaban J connectivity index is 1.59. The van der Waals surface area contributed by atoms with Gasteiger partial charge in [-0.3, -0.25) is 4.79 Å². The second kappa shape index (κ2) is 6.73. The number of nitrogens with two attached hydrogens (primary N) is 1. The van der Waals surface area contributed by atoms with E-state index in [9.17, 15) is 4.79 Å². The number of rotatable bonds is 2. The van der Waals surface area contributed by atoms with Crippen LogP contribution < -0.4 is 10.6 Å². The molecule has 0 saturated carbocycles. The van der Waals surface area contributed by atoms with Crippen molar-refractivity contribution in [3.05, 3.63) is 59.2 Å². The quantitative estimate of drug-likeness (QED) is 0.813. The molecule has 2 aromatic carbocycles. The summed E-state index contributed by atoms with van der Waals surface area (Å²) >= 11 is 3.97. The van der Waals surface area contributed by atoms with Crippen molar-refractivity contribution in [1.29, 1.82) is 0 Å². The SMILES string of the molecule is Nc1cccc2c1CCCN2C(=O)c1ccc(C2SCCS2)cc1. The maximum atomic E-state index is 13.0. The van der Waals surface area contributed by atoms with Gasteiger partial charge in [0, 0.05) is 35.0 Å². The molecule has 1 fully saturated rings. The molecular weight excluding hydrogens is 336 g/mol. The molecule has 2 aliphatic heterocycles. The topological polar surface area (TPSA) is 46.3 Å². The van der Waals surface area contributed by atoms with Gasteiger partial charge in [-0.05, 0) is 48.2 Å². The molecule has 124 valence electrons. The molecule has 1 saturated heterocycles. The lowest BCUT2D eigenvalue weighted by Gasteiger charge is -2.30. The minimum atomic E-state index is 0.0693. The predicted molar refractivity (Wildman–Crippen MR) is 105 cm³/mol. The standard InChI is InChI=1S/C19H20N2OS2/c20-16-4-1-5-17-15(16)3-2-10-21(17)18(22)13-6-8-14(9-7-13)19-23-11-12-24-19/h1,4-9,19H,2-3,10-12,20H2. The molecule has 0 radical (unpaired) electrons. The van der Waals surface area contributed by atoms with Crippen LogP contribution in [0.4, 0.5) is 11.4 Å². The molecule has 2 heterocycles. The van der Waals surface area contributed by atoms with Gasteiger partial charge in [0.05, 0.1) is 4.58 Å². The molecule has 0 spiro atoms. The molecule has 2 aliphatic rings. The summed E-state index contributed by atoms with van der Waals surface area (Å²) in [7, 11) is 0. The number of hydrogen-bond acceptors (Lipinski definition) is 4. The lowest BCUT2D eigenvalue weighted by molar-refractivity contribution is 0.0985. The molecule has 5 heteroatoms. The third-order valence-corrected chi connectivity index (χ3v) is 7.69. The lowest BCUT2D eigenvalue weighted by Crippen LogP contribution is -2.35. The van der Waals surface area contributed by atoms with Gasteiger partial charge in [0.2, 0.25) is 0 Å². The van der Waals surface area contributed by atoms with Gasteiger partial charge in [-0.15, -0.1) is 23.5 Å². The molecule has 2 N–H and O–H groups in total. The zero-order valence-corrected chi connectivity index (χ0v) is 15.0. The van der Waals surface area contributed by atoms with Crippen molar-refractivity contribution >= 4 is 40.8 Å². The Bertz CT molecular complexity index is 754. The van der Waals surface area contributed by atoms with Crippen LogP contribution in [0.2, 0.25) is 0 Å². The molecular formula is C19H20N2OS2. The molecule has 3 nitrogen and oxygen atoms in total. The number of carbonyl (C=O) groups is 1. The van der Waals surface area contributed by atoms with Crippen LogP contribution in [0, 0.1) is 0 Å². The Morgan fingerprint density at radius 2 is 1.83 bits per heavy atom. The molecule has 1 amide bonds. The van der Waals surface area contributed by atoms with E-state index < -0.39 is 0 Å². The Kier molecular flexibility index (Phi) is 4.46. The van der Waals surface area contributed by atoms with E-state index in [2.05, 4.69) is 12.1 Å². The maximum absolute atomic E-state index is 13.0. The second-order valence-electron chi connectivity index (χ2n) is 6.10. The molecule has 4 rings (SSSR count). The van der Waals surface area contributed by atoms with Gasteiger partial charge < -0.3 is 10.6 Å². The van der Waals surface area contributed by atoms with Crippen molar-refractivity contribution in [2.75, 3.05) is 28.7 Å². The molecule has 0 aliphatic carbocycles. The predicted octanol–water partition coefficient (Wildman–Crippen LogP) is 4.34. The minimum Gasteiger partial charge on any atom is -0.398 e. The Labute approximate surface area is 151 Å². The maximum Gasteiger partial charge on any atom is 0.258 e. The number of fused-ring (bicyclic) bond motifs is 1. The number of nitrogen functional groups attached to an aromatic ring is 1. The van der Waals surface area contributed by atoms with Gasteiger partial charge in [0.15, 0.2) is 0 Å². The monoisotopic (exact) mass is 356 g/mol. The van der Waals surface area contributed by atoms with Gasteiger partial charge >= 0.3 is 0 Å². The average Bonchev–Trinajstić information content (AvgIpc) is 3.16. The van der Waals surface area contributed by atoms with Crippen molar-refractivity contribution in [1.82, 2.24) is 0 Å². The zero-order valence-electron chi connectivity index (χ0n) is 13.4. The van der Waals surface area contributed by atoms with Crippen LogP contribution in [0.3, 0.4) is 0 Å². The average molecular weight is 357 g/mol. The number of hydrogen-bond donors (Lipinski definition) is 1. The summed E-state index contributed by atoms with van der Waals surface area (Å²) in [5.41, 5.74) is 11.0. The third kappa shape index (κ3) is 2.91. The van der Waals surface area contributed by atoms with E-state index in [4.69, 9.17) is 5.73 Å². The fraction of sp³-hybridized carbons (Fsp3) is 0.316. The van der Waals surface area contributed by atoms with Crippen LogP contribution in [-0.2, 0) is 6.42 Å².